The summed E-state index contributed by atoms with van der Waals surface area (Å²) in [7, 11) is 0. The zero-order chi connectivity index (χ0) is 22.1. The number of amides is 2. The summed E-state index contributed by atoms with van der Waals surface area (Å²) < 4.78 is 0. The molecule has 4 nitrogen and oxygen atoms in total. The highest BCUT2D eigenvalue weighted by atomic mass is 35.5. The van der Waals surface area contributed by atoms with Gasteiger partial charge in [0.2, 0.25) is 0 Å². The maximum Gasteiger partial charge on any atom is 0.283 e. The monoisotopic (exact) mass is 448 g/mol. The molecule has 31 heavy (non-hydrogen) atoms. The highest BCUT2D eigenvalue weighted by Crippen LogP contribution is 2.38. The number of carbonyl (C=O) groups excluding carboxylic acids is 2. The van der Waals surface area contributed by atoms with Crippen LogP contribution in [0.2, 0.25) is 5.02 Å². The lowest BCUT2D eigenvalue weighted by molar-refractivity contribution is -0.120. The Balaban J connectivity index is 1.74. The van der Waals surface area contributed by atoms with Gasteiger partial charge in [0.25, 0.3) is 11.8 Å². The SMILES string of the molecule is Cc1ccc(SC2=C(Nc3ccc(C)c(C)c3)C(=O)N(c3ccc(Cl)cc3)C2=O)cc1. The van der Waals surface area contributed by atoms with Crippen LogP contribution in [0, 0.1) is 20.8 Å². The van der Waals surface area contributed by atoms with E-state index in [2.05, 4.69) is 5.32 Å². The van der Waals surface area contributed by atoms with Crippen molar-refractivity contribution in [1.82, 2.24) is 0 Å². The summed E-state index contributed by atoms with van der Waals surface area (Å²) >= 11 is 7.28. The van der Waals surface area contributed by atoms with Crippen LogP contribution in [0.4, 0.5) is 11.4 Å². The predicted molar refractivity (Wildman–Crippen MR) is 128 cm³/mol. The molecule has 3 aromatic carbocycles. The van der Waals surface area contributed by atoms with Gasteiger partial charge in [0.15, 0.2) is 0 Å². The van der Waals surface area contributed by atoms with Crippen molar-refractivity contribution < 1.29 is 9.59 Å². The van der Waals surface area contributed by atoms with Gasteiger partial charge in [0.1, 0.15) is 10.6 Å². The van der Waals surface area contributed by atoms with Crippen LogP contribution in [0.25, 0.3) is 0 Å². The Morgan fingerprint density at radius 2 is 1.48 bits per heavy atom. The average molecular weight is 449 g/mol. The van der Waals surface area contributed by atoms with Gasteiger partial charge in [-0.05, 0) is 80.4 Å². The summed E-state index contributed by atoms with van der Waals surface area (Å²) in [6.45, 7) is 6.05. The first-order valence-corrected chi connectivity index (χ1v) is 11.0. The average Bonchev–Trinajstić information content (AvgIpc) is 2.97. The van der Waals surface area contributed by atoms with Gasteiger partial charge in [-0.1, -0.05) is 47.1 Å². The number of nitrogens with zero attached hydrogens (tertiary/aromatic N) is 1. The molecular weight excluding hydrogens is 428 g/mol. The summed E-state index contributed by atoms with van der Waals surface area (Å²) in [5.74, 6) is -0.746. The van der Waals surface area contributed by atoms with Crippen molar-refractivity contribution in [2.45, 2.75) is 25.7 Å². The fraction of sp³-hybridized carbons (Fsp3) is 0.120. The molecule has 0 radical (unpaired) electrons. The van der Waals surface area contributed by atoms with Crippen LogP contribution in [-0.4, -0.2) is 11.8 Å². The fourth-order valence-electron chi connectivity index (χ4n) is 3.23. The highest BCUT2D eigenvalue weighted by molar-refractivity contribution is 8.04. The summed E-state index contributed by atoms with van der Waals surface area (Å²) in [6.07, 6.45) is 0. The minimum absolute atomic E-state index is 0.272. The standard InChI is InChI=1S/C25H21ClN2O2S/c1-15-4-12-21(13-5-15)31-23-22(27-19-9-6-16(2)17(3)14-19)24(29)28(25(23)30)20-10-7-18(26)8-11-20/h4-14,27H,1-3H3. The van der Waals surface area contributed by atoms with Gasteiger partial charge in [0.05, 0.1) is 5.69 Å². The van der Waals surface area contributed by atoms with Crippen LogP contribution in [0.3, 0.4) is 0 Å². The maximum atomic E-state index is 13.4. The topological polar surface area (TPSA) is 49.4 Å². The van der Waals surface area contributed by atoms with Gasteiger partial charge in [0, 0.05) is 15.6 Å². The van der Waals surface area contributed by atoms with E-state index in [9.17, 15) is 9.59 Å². The third kappa shape index (κ3) is 4.38. The Morgan fingerprint density at radius 3 is 2.13 bits per heavy atom. The molecule has 1 heterocycles. The first-order valence-electron chi connectivity index (χ1n) is 9.81. The molecule has 0 atom stereocenters. The number of anilines is 2. The van der Waals surface area contributed by atoms with Crippen LogP contribution in [0.15, 0.2) is 82.2 Å². The zero-order valence-corrected chi connectivity index (χ0v) is 19.0. The van der Waals surface area contributed by atoms with Gasteiger partial charge in [-0.25, -0.2) is 4.90 Å². The maximum absolute atomic E-state index is 13.4. The largest absolute Gasteiger partial charge is 0.350 e. The lowest BCUT2D eigenvalue weighted by atomic mass is 10.1. The van der Waals surface area contributed by atoms with Crippen LogP contribution in [0.1, 0.15) is 16.7 Å². The van der Waals surface area contributed by atoms with E-state index in [-0.39, 0.29) is 17.5 Å². The van der Waals surface area contributed by atoms with Crippen LogP contribution in [-0.2, 0) is 9.59 Å². The summed E-state index contributed by atoms with van der Waals surface area (Å²) in [5, 5.41) is 3.74. The Morgan fingerprint density at radius 1 is 0.806 bits per heavy atom. The molecule has 1 aliphatic rings. The van der Waals surface area contributed by atoms with E-state index in [4.69, 9.17) is 11.6 Å². The smallest absolute Gasteiger partial charge is 0.283 e. The van der Waals surface area contributed by atoms with Crippen molar-refractivity contribution >= 4 is 46.6 Å². The van der Waals surface area contributed by atoms with Crippen molar-refractivity contribution in [1.29, 1.82) is 0 Å². The van der Waals surface area contributed by atoms with Gasteiger partial charge in [-0.3, -0.25) is 9.59 Å². The predicted octanol–water partition coefficient (Wildman–Crippen LogP) is 6.25. The number of nitrogens with one attached hydrogen (secondary N) is 1. The molecule has 0 bridgehead atoms. The Hall–Kier alpha value is -3.02. The molecule has 0 spiro atoms. The molecule has 0 saturated heterocycles. The van der Waals surface area contributed by atoms with E-state index in [0.717, 1.165) is 27.3 Å². The molecule has 156 valence electrons. The summed E-state index contributed by atoms with van der Waals surface area (Å²) in [6, 6.07) is 20.4. The minimum Gasteiger partial charge on any atom is -0.350 e. The highest BCUT2D eigenvalue weighted by Gasteiger charge is 2.40. The van der Waals surface area contributed by atoms with Gasteiger partial charge >= 0.3 is 0 Å². The van der Waals surface area contributed by atoms with Crippen molar-refractivity contribution in [2.24, 2.45) is 0 Å². The van der Waals surface area contributed by atoms with Crippen molar-refractivity contribution in [2.75, 3.05) is 10.2 Å². The van der Waals surface area contributed by atoms with Crippen LogP contribution >= 0.6 is 23.4 Å². The number of benzene rings is 3. The molecule has 3 aromatic rings. The lowest BCUT2D eigenvalue weighted by Gasteiger charge is -2.15. The molecule has 1 aliphatic heterocycles. The number of imide groups is 1. The summed E-state index contributed by atoms with van der Waals surface area (Å²) in [5.41, 5.74) is 4.91. The Labute approximate surface area is 190 Å². The lowest BCUT2D eigenvalue weighted by Crippen LogP contribution is -2.32. The van der Waals surface area contributed by atoms with Crippen molar-refractivity contribution in [3.8, 4) is 0 Å². The molecule has 0 aliphatic carbocycles. The molecule has 0 aromatic heterocycles. The second-order valence-electron chi connectivity index (χ2n) is 7.47. The number of thioether (sulfide) groups is 1. The first-order chi connectivity index (χ1) is 14.8. The second-order valence-corrected chi connectivity index (χ2v) is 8.99. The second kappa shape index (κ2) is 8.61. The minimum atomic E-state index is -0.389. The number of rotatable bonds is 5. The van der Waals surface area contributed by atoms with Crippen LogP contribution < -0.4 is 10.2 Å². The Kier molecular flexibility index (Phi) is 5.90. The Bertz CT molecular complexity index is 1200. The summed E-state index contributed by atoms with van der Waals surface area (Å²) in [4.78, 5) is 29.1. The molecule has 0 saturated carbocycles. The van der Waals surface area contributed by atoms with E-state index in [0.29, 0.717) is 15.6 Å². The van der Waals surface area contributed by atoms with Gasteiger partial charge in [-0.15, -0.1) is 0 Å². The quantitative estimate of drug-likeness (QED) is 0.468. The fourth-order valence-corrected chi connectivity index (χ4v) is 4.28. The van der Waals surface area contributed by atoms with E-state index in [1.165, 1.54) is 16.7 Å². The van der Waals surface area contributed by atoms with Gasteiger partial charge < -0.3 is 5.32 Å². The first kappa shape index (κ1) is 21.2. The third-order valence-electron chi connectivity index (χ3n) is 5.14. The number of halogens is 1. The van der Waals surface area contributed by atoms with E-state index >= 15 is 0 Å². The van der Waals surface area contributed by atoms with Crippen molar-refractivity contribution in [3.05, 3.63) is 99.0 Å². The number of hydrogen-bond acceptors (Lipinski definition) is 4. The molecular formula is C25H21ClN2O2S. The molecule has 2 amide bonds. The molecule has 0 unspecified atom stereocenters. The number of hydrogen-bond donors (Lipinski definition) is 1. The molecule has 0 fully saturated rings. The van der Waals surface area contributed by atoms with E-state index in [1.54, 1.807) is 24.3 Å². The van der Waals surface area contributed by atoms with Crippen LogP contribution in [0.5, 0.6) is 0 Å². The van der Waals surface area contributed by atoms with E-state index < -0.39 is 0 Å². The van der Waals surface area contributed by atoms with E-state index in [1.807, 2.05) is 63.2 Å². The molecule has 6 heteroatoms. The van der Waals surface area contributed by atoms with Gasteiger partial charge in [-0.2, -0.15) is 0 Å². The number of aryl methyl sites for hydroxylation is 3. The zero-order valence-electron chi connectivity index (χ0n) is 17.4. The van der Waals surface area contributed by atoms with Crippen molar-refractivity contribution in [3.63, 3.8) is 0 Å². The molecule has 1 N–H and O–H groups in total. The normalized spacial score (nSPS) is 13.9. The molecule has 4 rings (SSSR count). The third-order valence-corrected chi connectivity index (χ3v) is 6.49. The number of carbonyl (C=O) groups is 2.